The predicted molar refractivity (Wildman–Crippen MR) is 168 cm³/mol. The lowest BCUT2D eigenvalue weighted by Gasteiger charge is -2.26. The van der Waals surface area contributed by atoms with Crippen LogP contribution in [0.1, 0.15) is 61.0 Å². The third kappa shape index (κ3) is 8.07. The largest absolute Gasteiger partial charge is 0.384 e. The molecule has 2 aromatic carbocycles. The van der Waals surface area contributed by atoms with Gasteiger partial charge in [-0.25, -0.2) is 4.98 Å². The Morgan fingerprint density at radius 2 is 1.63 bits per heavy atom. The van der Waals surface area contributed by atoms with E-state index in [1.807, 2.05) is 72.6 Å². The zero-order valence-electron chi connectivity index (χ0n) is 23.6. The number of benzene rings is 2. The van der Waals surface area contributed by atoms with Gasteiger partial charge in [0.25, 0.3) is 5.91 Å². The van der Waals surface area contributed by atoms with E-state index in [4.69, 9.17) is 11.6 Å². The van der Waals surface area contributed by atoms with Crippen LogP contribution in [0.5, 0.6) is 0 Å². The fourth-order valence-corrected chi connectivity index (χ4v) is 5.30. The first-order valence-corrected chi connectivity index (χ1v) is 15.0. The number of anilines is 4. The Balaban J connectivity index is 1.03. The maximum atomic E-state index is 12.7. The minimum Gasteiger partial charge on any atom is -0.384 e. The molecule has 1 amide bonds. The highest BCUT2D eigenvalue weighted by atomic mass is 35.5. The number of hydrogen-bond donors (Lipinski definition) is 3. The van der Waals surface area contributed by atoms with Crippen LogP contribution in [0.4, 0.5) is 23.1 Å². The van der Waals surface area contributed by atoms with Crippen molar-refractivity contribution in [3.8, 4) is 0 Å². The summed E-state index contributed by atoms with van der Waals surface area (Å²) in [4.78, 5) is 28.3. The Labute approximate surface area is 246 Å². The Morgan fingerprint density at radius 3 is 2.41 bits per heavy atom. The highest BCUT2D eigenvalue weighted by Gasteiger charge is 2.18. The molecule has 0 aliphatic carbocycles. The molecule has 214 valence electrons. The van der Waals surface area contributed by atoms with Crippen molar-refractivity contribution in [2.75, 3.05) is 42.1 Å². The number of piperidine rings is 1. The van der Waals surface area contributed by atoms with Crippen molar-refractivity contribution in [1.82, 2.24) is 19.9 Å². The van der Waals surface area contributed by atoms with Gasteiger partial charge >= 0.3 is 0 Å². The summed E-state index contributed by atoms with van der Waals surface area (Å²) in [5.74, 6) is 1.46. The quantitative estimate of drug-likeness (QED) is 0.152. The maximum absolute atomic E-state index is 12.7. The second kappa shape index (κ2) is 14.1. The molecule has 9 heteroatoms. The van der Waals surface area contributed by atoms with Gasteiger partial charge in [0.2, 0.25) is 5.95 Å². The number of pyridine rings is 1. The average molecular weight is 572 g/mol. The van der Waals surface area contributed by atoms with Gasteiger partial charge < -0.3 is 20.9 Å². The molecule has 0 radical (unpaired) electrons. The molecule has 4 aromatic rings. The van der Waals surface area contributed by atoms with Crippen LogP contribution in [0.3, 0.4) is 0 Å². The molecule has 0 spiro atoms. The zero-order valence-corrected chi connectivity index (χ0v) is 24.4. The lowest BCUT2D eigenvalue weighted by molar-refractivity contribution is 0.0724. The molecule has 1 saturated heterocycles. The number of fused-ring (bicyclic) bond motifs is 1. The fraction of sp³-hybridized carbons (Fsp3) is 0.375. The Bertz CT molecular complexity index is 1450. The number of amides is 1. The van der Waals surface area contributed by atoms with Crippen LogP contribution in [-0.4, -0.2) is 51.9 Å². The van der Waals surface area contributed by atoms with Gasteiger partial charge in [0.05, 0.1) is 5.52 Å². The number of carbonyl (C=O) groups is 1. The van der Waals surface area contributed by atoms with Crippen molar-refractivity contribution in [3.63, 3.8) is 0 Å². The van der Waals surface area contributed by atoms with Crippen LogP contribution in [-0.2, 0) is 0 Å². The number of nitrogens with zero attached hydrogens (tertiary/aromatic N) is 4. The Kier molecular flexibility index (Phi) is 9.86. The number of likely N-dealkylation sites (tertiary alicyclic amines) is 1. The summed E-state index contributed by atoms with van der Waals surface area (Å²) in [6.45, 7) is 5.44. The molecular weight excluding hydrogens is 534 g/mol. The SMILES string of the molecule is Cc1cc(NCCCCCCNc2ccnc3cc(Cl)ccc23)nc(Nc2ccc(C(=O)N3CCCCC3)cc2)n1. The van der Waals surface area contributed by atoms with Crippen molar-refractivity contribution >= 4 is 51.6 Å². The highest BCUT2D eigenvalue weighted by Crippen LogP contribution is 2.24. The van der Waals surface area contributed by atoms with E-state index in [1.165, 1.54) is 6.42 Å². The Morgan fingerprint density at radius 1 is 0.878 bits per heavy atom. The standard InChI is InChI=1S/C32H38ClN7O/c1-23-21-30(36-17-6-3-2-5-16-34-28-15-18-35-29-22-25(33)11-14-27(28)29)39-32(37-23)38-26-12-9-24(10-13-26)31(41)40-19-7-4-8-20-40/h9-15,18,21-22H,2-8,16-17,19-20H2,1H3,(H,34,35)(H2,36,37,38,39). The van der Waals surface area contributed by atoms with Gasteiger partial charge in [-0.15, -0.1) is 0 Å². The second-order valence-corrected chi connectivity index (χ2v) is 11.0. The third-order valence-electron chi connectivity index (χ3n) is 7.32. The number of halogens is 1. The first-order chi connectivity index (χ1) is 20.0. The molecule has 41 heavy (non-hydrogen) atoms. The maximum Gasteiger partial charge on any atom is 0.253 e. The molecular formula is C32H38ClN7O. The molecule has 2 aromatic heterocycles. The summed E-state index contributed by atoms with van der Waals surface area (Å²) < 4.78 is 0. The van der Waals surface area contributed by atoms with Gasteiger partial charge in [-0.1, -0.05) is 24.4 Å². The van der Waals surface area contributed by atoms with E-state index in [0.29, 0.717) is 11.0 Å². The number of rotatable bonds is 12. The van der Waals surface area contributed by atoms with Crippen LogP contribution < -0.4 is 16.0 Å². The monoisotopic (exact) mass is 571 g/mol. The van der Waals surface area contributed by atoms with Crippen LogP contribution in [0.15, 0.2) is 60.8 Å². The van der Waals surface area contributed by atoms with Gasteiger partial charge in [-0.05, 0) is 87.6 Å². The van der Waals surface area contributed by atoms with E-state index in [2.05, 4.69) is 30.9 Å². The Hall–Kier alpha value is -3.91. The van der Waals surface area contributed by atoms with Gasteiger partial charge in [0.1, 0.15) is 5.82 Å². The van der Waals surface area contributed by atoms with Crippen molar-refractivity contribution in [3.05, 3.63) is 77.1 Å². The van der Waals surface area contributed by atoms with Crippen LogP contribution >= 0.6 is 11.6 Å². The first-order valence-electron chi connectivity index (χ1n) is 14.6. The number of unbranched alkanes of at least 4 members (excludes halogenated alkanes) is 3. The molecule has 8 nitrogen and oxygen atoms in total. The van der Waals surface area contributed by atoms with E-state index in [1.54, 1.807) is 0 Å². The molecule has 5 rings (SSSR count). The van der Waals surface area contributed by atoms with Crippen molar-refractivity contribution in [2.45, 2.75) is 51.9 Å². The van der Waals surface area contributed by atoms with Crippen molar-refractivity contribution in [2.24, 2.45) is 0 Å². The predicted octanol–water partition coefficient (Wildman–Crippen LogP) is 7.44. The normalized spacial score (nSPS) is 13.3. The molecule has 1 fully saturated rings. The number of carbonyl (C=O) groups excluding carboxylic acids is 1. The molecule has 0 saturated carbocycles. The summed E-state index contributed by atoms with van der Waals surface area (Å²) in [5.41, 5.74) is 4.47. The molecule has 1 aliphatic rings. The van der Waals surface area contributed by atoms with Crippen LogP contribution in [0.2, 0.25) is 5.02 Å². The van der Waals surface area contributed by atoms with Gasteiger partial charge in [0, 0.05) is 71.5 Å². The molecule has 0 unspecified atom stereocenters. The first kappa shape index (κ1) is 28.6. The number of aromatic nitrogens is 3. The van der Waals surface area contributed by atoms with E-state index >= 15 is 0 Å². The molecule has 1 aliphatic heterocycles. The number of hydrogen-bond acceptors (Lipinski definition) is 7. The van der Waals surface area contributed by atoms with E-state index in [9.17, 15) is 4.79 Å². The summed E-state index contributed by atoms with van der Waals surface area (Å²) in [5, 5.41) is 12.0. The minimum atomic E-state index is 0.110. The fourth-order valence-electron chi connectivity index (χ4n) is 5.14. The number of aryl methyl sites for hydroxylation is 1. The summed E-state index contributed by atoms with van der Waals surface area (Å²) in [6, 6.07) is 17.4. The van der Waals surface area contributed by atoms with Gasteiger partial charge in [-0.3, -0.25) is 9.78 Å². The smallest absolute Gasteiger partial charge is 0.253 e. The van der Waals surface area contributed by atoms with Gasteiger partial charge in [-0.2, -0.15) is 4.98 Å². The van der Waals surface area contributed by atoms with Gasteiger partial charge in [0.15, 0.2) is 0 Å². The van der Waals surface area contributed by atoms with Crippen LogP contribution in [0.25, 0.3) is 10.9 Å². The molecule has 0 bridgehead atoms. The molecule has 3 N–H and O–H groups in total. The number of nitrogens with one attached hydrogen (secondary N) is 3. The highest BCUT2D eigenvalue weighted by molar-refractivity contribution is 6.31. The second-order valence-electron chi connectivity index (χ2n) is 10.6. The zero-order chi connectivity index (χ0) is 28.4. The molecule has 3 heterocycles. The third-order valence-corrected chi connectivity index (χ3v) is 7.55. The summed E-state index contributed by atoms with van der Waals surface area (Å²) in [6.07, 6.45) is 9.65. The van der Waals surface area contributed by atoms with E-state index in [-0.39, 0.29) is 5.91 Å². The van der Waals surface area contributed by atoms with Crippen molar-refractivity contribution in [1.29, 1.82) is 0 Å². The van der Waals surface area contributed by atoms with Crippen molar-refractivity contribution < 1.29 is 4.79 Å². The summed E-state index contributed by atoms with van der Waals surface area (Å²) >= 11 is 6.09. The minimum absolute atomic E-state index is 0.110. The summed E-state index contributed by atoms with van der Waals surface area (Å²) in [7, 11) is 0. The lowest BCUT2D eigenvalue weighted by Crippen LogP contribution is -2.35. The average Bonchev–Trinajstić information content (AvgIpc) is 2.98. The topological polar surface area (TPSA) is 95.1 Å². The molecule has 0 atom stereocenters. The van der Waals surface area contributed by atoms with E-state index in [0.717, 1.165) is 104 Å². The van der Waals surface area contributed by atoms with E-state index < -0.39 is 0 Å². The lowest BCUT2D eigenvalue weighted by atomic mass is 10.1. The van der Waals surface area contributed by atoms with Crippen LogP contribution in [0, 0.1) is 6.92 Å².